The Bertz CT molecular complexity index is 1300. The number of hydrazone groups is 1. The standard InChI is InChI=1S/C20H17ClN4O6S/c1-31-20-8-5-13(9-19(20)26)12-22-23-17-7-6-16(11-18(17)25(27)28)32(29,30)24-15-4-2-3-14(21)10-15/h2-12,23-24,26H,1H3. The molecule has 12 heteroatoms. The predicted molar refractivity (Wildman–Crippen MR) is 121 cm³/mol. The number of phenols is 1. The first-order valence-corrected chi connectivity index (χ1v) is 10.8. The van der Waals surface area contributed by atoms with Gasteiger partial charge in [0.05, 0.1) is 28.8 Å². The highest BCUT2D eigenvalue weighted by Crippen LogP contribution is 2.29. The molecule has 3 aromatic rings. The van der Waals surface area contributed by atoms with Crippen molar-refractivity contribution in [3.8, 4) is 11.5 Å². The smallest absolute Gasteiger partial charge is 0.295 e. The van der Waals surface area contributed by atoms with Gasteiger partial charge in [0, 0.05) is 11.1 Å². The average Bonchev–Trinajstić information content (AvgIpc) is 2.73. The third-order valence-electron chi connectivity index (χ3n) is 4.15. The van der Waals surface area contributed by atoms with Gasteiger partial charge in [0.2, 0.25) is 0 Å². The van der Waals surface area contributed by atoms with E-state index in [1.54, 1.807) is 18.2 Å². The SMILES string of the molecule is COc1ccc(C=NNc2ccc(S(=O)(=O)Nc3cccc(Cl)c3)cc2[N+](=O)[O-])cc1O. The lowest BCUT2D eigenvalue weighted by molar-refractivity contribution is -0.384. The highest BCUT2D eigenvalue weighted by molar-refractivity contribution is 7.92. The van der Waals surface area contributed by atoms with Crippen LogP contribution in [-0.2, 0) is 10.0 Å². The summed E-state index contributed by atoms with van der Waals surface area (Å²) < 4.78 is 32.5. The van der Waals surface area contributed by atoms with E-state index < -0.39 is 20.6 Å². The lowest BCUT2D eigenvalue weighted by Gasteiger charge is -2.09. The van der Waals surface area contributed by atoms with Crippen molar-refractivity contribution >= 4 is 44.9 Å². The molecule has 0 aromatic heterocycles. The summed E-state index contributed by atoms with van der Waals surface area (Å²) in [6, 6.07) is 14.0. The van der Waals surface area contributed by atoms with Gasteiger partial charge in [-0.3, -0.25) is 20.3 Å². The Labute approximate surface area is 188 Å². The normalized spacial score (nSPS) is 11.3. The molecule has 3 N–H and O–H groups in total. The number of methoxy groups -OCH3 is 1. The monoisotopic (exact) mass is 476 g/mol. The van der Waals surface area contributed by atoms with Crippen LogP contribution in [0.3, 0.4) is 0 Å². The average molecular weight is 477 g/mol. The van der Waals surface area contributed by atoms with Crippen molar-refractivity contribution in [2.45, 2.75) is 4.90 Å². The Hall–Kier alpha value is -3.83. The van der Waals surface area contributed by atoms with Crippen LogP contribution in [-0.4, -0.2) is 31.8 Å². The van der Waals surface area contributed by atoms with Crippen LogP contribution in [0, 0.1) is 10.1 Å². The third-order valence-corrected chi connectivity index (χ3v) is 5.77. The highest BCUT2D eigenvalue weighted by atomic mass is 35.5. The van der Waals surface area contributed by atoms with Crippen molar-refractivity contribution in [2.24, 2.45) is 5.10 Å². The number of benzene rings is 3. The molecule has 0 unspecified atom stereocenters. The van der Waals surface area contributed by atoms with E-state index in [1.807, 2.05) is 0 Å². The molecule has 10 nitrogen and oxygen atoms in total. The number of aromatic hydroxyl groups is 1. The molecule has 0 fully saturated rings. The molecule has 0 saturated heterocycles. The largest absolute Gasteiger partial charge is 0.504 e. The zero-order chi connectivity index (χ0) is 23.3. The number of phenolic OH excluding ortho intramolecular Hbond substituents is 1. The van der Waals surface area contributed by atoms with Crippen molar-refractivity contribution in [1.29, 1.82) is 0 Å². The molecule has 166 valence electrons. The van der Waals surface area contributed by atoms with Crippen LogP contribution < -0.4 is 14.9 Å². The van der Waals surface area contributed by atoms with E-state index in [9.17, 15) is 23.6 Å². The number of hydrogen-bond acceptors (Lipinski definition) is 8. The molecule has 0 saturated carbocycles. The van der Waals surface area contributed by atoms with E-state index in [0.717, 1.165) is 6.07 Å². The maximum absolute atomic E-state index is 12.6. The van der Waals surface area contributed by atoms with Gasteiger partial charge in [0.25, 0.3) is 15.7 Å². The van der Waals surface area contributed by atoms with E-state index in [1.165, 1.54) is 49.7 Å². The van der Waals surface area contributed by atoms with E-state index in [0.29, 0.717) is 10.6 Å². The molecule has 0 heterocycles. The highest BCUT2D eigenvalue weighted by Gasteiger charge is 2.21. The molecule has 0 aliphatic carbocycles. The van der Waals surface area contributed by atoms with Crippen LogP contribution >= 0.6 is 11.6 Å². The Morgan fingerprint density at radius 1 is 1.16 bits per heavy atom. The second-order valence-electron chi connectivity index (χ2n) is 6.35. The number of hydrogen-bond donors (Lipinski definition) is 3. The second-order valence-corrected chi connectivity index (χ2v) is 8.47. The summed E-state index contributed by atoms with van der Waals surface area (Å²) in [5, 5.41) is 25.5. The van der Waals surface area contributed by atoms with Gasteiger partial charge in [-0.25, -0.2) is 8.42 Å². The van der Waals surface area contributed by atoms with Gasteiger partial charge in [-0.2, -0.15) is 5.10 Å². The first kappa shape index (κ1) is 22.8. The fourth-order valence-corrected chi connectivity index (χ4v) is 3.91. The number of nitrogens with one attached hydrogen (secondary N) is 2. The summed E-state index contributed by atoms with van der Waals surface area (Å²) in [4.78, 5) is 10.5. The van der Waals surface area contributed by atoms with Crippen LogP contribution in [0.2, 0.25) is 5.02 Å². The molecular formula is C20H17ClN4O6S. The zero-order valence-corrected chi connectivity index (χ0v) is 18.1. The summed E-state index contributed by atoms with van der Waals surface area (Å²) in [6.07, 6.45) is 1.33. The van der Waals surface area contributed by atoms with Crippen molar-refractivity contribution in [2.75, 3.05) is 17.3 Å². The number of sulfonamides is 1. The first-order valence-electron chi connectivity index (χ1n) is 8.92. The molecule has 0 amide bonds. The fourth-order valence-electron chi connectivity index (χ4n) is 2.65. The predicted octanol–water partition coefficient (Wildman–Crippen LogP) is 4.21. The molecule has 0 atom stereocenters. The molecular weight excluding hydrogens is 460 g/mol. The number of rotatable bonds is 8. The molecule has 0 aliphatic heterocycles. The lowest BCUT2D eigenvalue weighted by Crippen LogP contribution is -2.13. The van der Waals surface area contributed by atoms with Crippen molar-refractivity contribution in [3.63, 3.8) is 0 Å². The topological polar surface area (TPSA) is 143 Å². The minimum atomic E-state index is -4.10. The van der Waals surface area contributed by atoms with Crippen LogP contribution in [0.15, 0.2) is 70.7 Å². The number of nitro benzene ring substituents is 1. The molecule has 32 heavy (non-hydrogen) atoms. The maximum Gasteiger partial charge on any atom is 0.295 e. The van der Waals surface area contributed by atoms with E-state index in [-0.39, 0.29) is 27.8 Å². The van der Waals surface area contributed by atoms with Gasteiger partial charge < -0.3 is 9.84 Å². The molecule has 3 aromatic carbocycles. The van der Waals surface area contributed by atoms with Gasteiger partial charge in [0.1, 0.15) is 5.69 Å². The van der Waals surface area contributed by atoms with Gasteiger partial charge in [0.15, 0.2) is 11.5 Å². The summed E-state index contributed by atoms with van der Waals surface area (Å²) in [6.45, 7) is 0. The van der Waals surface area contributed by atoms with Gasteiger partial charge in [-0.1, -0.05) is 17.7 Å². The Balaban J connectivity index is 1.83. The van der Waals surface area contributed by atoms with E-state index in [4.69, 9.17) is 16.3 Å². The number of nitrogens with zero attached hydrogens (tertiary/aromatic N) is 2. The third kappa shape index (κ3) is 5.45. The van der Waals surface area contributed by atoms with Crippen LogP contribution in [0.25, 0.3) is 0 Å². The molecule has 3 rings (SSSR count). The van der Waals surface area contributed by atoms with Crippen molar-refractivity contribution in [3.05, 3.63) is 81.4 Å². The van der Waals surface area contributed by atoms with Crippen LogP contribution in [0.5, 0.6) is 11.5 Å². The quantitative estimate of drug-likeness (QED) is 0.251. The number of anilines is 2. The van der Waals surface area contributed by atoms with E-state index in [2.05, 4.69) is 15.2 Å². The van der Waals surface area contributed by atoms with Crippen molar-refractivity contribution in [1.82, 2.24) is 0 Å². The van der Waals surface area contributed by atoms with Gasteiger partial charge in [-0.15, -0.1) is 0 Å². The lowest BCUT2D eigenvalue weighted by atomic mass is 10.2. The van der Waals surface area contributed by atoms with Crippen LogP contribution in [0.4, 0.5) is 17.1 Å². The summed E-state index contributed by atoms with van der Waals surface area (Å²) in [5.74, 6) is 0.193. The Morgan fingerprint density at radius 3 is 2.59 bits per heavy atom. The molecule has 0 radical (unpaired) electrons. The second kappa shape index (κ2) is 9.54. The molecule has 0 aliphatic rings. The minimum absolute atomic E-state index is 0.0225. The Kier molecular flexibility index (Phi) is 6.81. The number of nitro groups is 1. The Morgan fingerprint density at radius 2 is 1.94 bits per heavy atom. The van der Waals surface area contributed by atoms with Crippen LogP contribution in [0.1, 0.15) is 5.56 Å². The molecule has 0 bridgehead atoms. The maximum atomic E-state index is 12.6. The summed E-state index contributed by atoms with van der Waals surface area (Å²) in [7, 11) is -2.68. The number of halogens is 1. The fraction of sp³-hybridized carbons (Fsp3) is 0.0500. The number of ether oxygens (including phenoxy) is 1. The zero-order valence-electron chi connectivity index (χ0n) is 16.5. The molecule has 0 spiro atoms. The van der Waals surface area contributed by atoms with Gasteiger partial charge in [-0.05, 0) is 54.1 Å². The van der Waals surface area contributed by atoms with E-state index >= 15 is 0 Å². The summed E-state index contributed by atoms with van der Waals surface area (Å²) in [5.41, 5.74) is 2.72. The summed E-state index contributed by atoms with van der Waals surface area (Å²) >= 11 is 5.86. The first-order chi connectivity index (χ1) is 15.2. The van der Waals surface area contributed by atoms with Crippen molar-refractivity contribution < 1.29 is 23.2 Å². The van der Waals surface area contributed by atoms with Gasteiger partial charge >= 0.3 is 0 Å². The minimum Gasteiger partial charge on any atom is -0.504 e.